The fraction of sp³-hybridized carbons (Fsp3) is 0.545. The Morgan fingerprint density at radius 1 is 1.75 bits per heavy atom. The van der Waals surface area contributed by atoms with Crippen molar-refractivity contribution in [2.45, 2.75) is 30.6 Å². The molecule has 2 heterocycles. The largest absolute Gasteiger partial charge is 0.393 e. The Balaban J connectivity index is 2.31. The van der Waals surface area contributed by atoms with Crippen molar-refractivity contribution in [2.75, 3.05) is 6.61 Å². The van der Waals surface area contributed by atoms with Gasteiger partial charge in [-0.25, -0.2) is 4.39 Å². The van der Waals surface area contributed by atoms with E-state index < -0.39 is 36.7 Å². The topological polar surface area (TPSA) is 119 Å². The molecule has 2 aliphatic heterocycles. The van der Waals surface area contributed by atoms with Crippen LogP contribution in [-0.4, -0.2) is 51.9 Å². The maximum Gasteiger partial charge on any atom is 0.233 e. The van der Waals surface area contributed by atoms with Gasteiger partial charge in [-0.1, -0.05) is 11.7 Å². The van der Waals surface area contributed by atoms with Crippen LogP contribution in [0.2, 0.25) is 0 Å². The van der Waals surface area contributed by atoms with Crippen molar-refractivity contribution in [1.29, 1.82) is 0 Å². The lowest BCUT2D eigenvalue weighted by molar-refractivity contribution is -0.156. The van der Waals surface area contributed by atoms with E-state index in [9.17, 15) is 19.4 Å². The van der Waals surface area contributed by atoms with Gasteiger partial charge in [0, 0.05) is 11.1 Å². The third kappa shape index (κ3) is 2.16. The van der Waals surface area contributed by atoms with Gasteiger partial charge in [-0.05, 0) is 17.2 Å². The number of halogens is 1. The molecule has 1 amide bonds. The zero-order valence-corrected chi connectivity index (χ0v) is 10.4. The van der Waals surface area contributed by atoms with Gasteiger partial charge in [-0.2, -0.15) is 0 Å². The Labute approximate surface area is 113 Å². The quantitative estimate of drug-likeness (QED) is 0.441. The van der Waals surface area contributed by atoms with Gasteiger partial charge in [-0.15, -0.1) is 0 Å². The van der Waals surface area contributed by atoms with E-state index in [4.69, 9.17) is 10.3 Å². The number of azide groups is 1. The summed E-state index contributed by atoms with van der Waals surface area (Å²) in [5.74, 6) is -0.466. The van der Waals surface area contributed by atoms with Gasteiger partial charge in [-0.3, -0.25) is 9.69 Å². The monoisotopic (exact) mass is 284 g/mol. The number of aliphatic hydroxyl groups excluding tert-OH is 2. The maximum atomic E-state index is 14.1. The molecular formula is C11H13FN4O4. The minimum atomic E-state index is -2.14. The summed E-state index contributed by atoms with van der Waals surface area (Å²) in [6.45, 7) is 2.70. The van der Waals surface area contributed by atoms with E-state index in [2.05, 4.69) is 16.6 Å². The zero-order chi connectivity index (χ0) is 14.9. The van der Waals surface area contributed by atoms with Crippen LogP contribution in [0.3, 0.4) is 0 Å². The van der Waals surface area contributed by atoms with Gasteiger partial charge in [0.1, 0.15) is 6.10 Å². The number of aliphatic hydroxyl groups is 2. The van der Waals surface area contributed by atoms with E-state index in [-0.39, 0.29) is 6.42 Å². The number of carbonyl (C=O) groups is 1. The third-order valence-electron chi connectivity index (χ3n) is 3.21. The molecule has 2 rings (SSSR count). The summed E-state index contributed by atoms with van der Waals surface area (Å²) >= 11 is 0. The molecule has 9 heteroatoms. The molecule has 2 N–H and O–H groups in total. The van der Waals surface area contributed by atoms with Crippen molar-refractivity contribution in [3.63, 3.8) is 0 Å². The highest BCUT2D eigenvalue weighted by Crippen LogP contribution is 2.37. The minimum Gasteiger partial charge on any atom is -0.393 e. The first-order valence-corrected chi connectivity index (χ1v) is 5.79. The number of rotatable bonds is 3. The smallest absolute Gasteiger partial charge is 0.233 e. The average molecular weight is 284 g/mol. The second-order valence-corrected chi connectivity index (χ2v) is 4.54. The molecule has 0 saturated carbocycles. The van der Waals surface area contributed by atoms with Crippen molar-refractivity contribution in [3.05, 3.63) is 34.9 Å². The van der Waals surface area contributed by atoms with Crippen LogP contribution >= 0.6 is 0 Å². The summed E-state index contributed by atoms with van der Waals surface area (Å²) in [6, 6.07) is 0. The van der Waals surface area contributed by atoms with Crippen LogP contribution in [0.4, 0.5) is 4.39 Å². The molecule has 1 fully saturated rings. The van der Waals surface area contributed by atoms with Crippen LogP contribution in [-0.2, 0) is 9.53 Å². The lowest BCUT2D eigenvalue weighted by atomic mass is 10.1. The van der Waals surface area contributed by atoms with Crippen molar-refractivity contribution < 1.29 is 24.1 Å². The summed E-state index contributed by atoms with van der Waals surface area (Å²) in [7, 11) is 0. The Kier molecular flexibility index (Phi) is 3.78. The first-order chi connectivity index (χ1) is 9.45. The SMILES string of the molecule is C=C1C=CN([C@@H]2O[C@@](CO)(N=[N+]=[N-])[C@@H](O)[C@@H]2F)C(=O)C1. The lowest BCUT2D eigenvalue weighted by Gasteiger charge is -2.30. The molecule has 0 unspecified atom stereocenters. The van der Waals surface area contributed by atoms with Gasteiger partial charge < -0.3 is 14.9 Å². The fourth-order valence-electron chi connectivity index (χ4n) is 2.12. The normalized spacial score (nSPS) is 37.1. The highest BCUT2D eigenvalue weighted by Gasteiger charge is 2.57. The van der Waals surface area contributed by atoms with E-state index in [0.29, 0.717) is 5.57 Å². The second kappa shape index (κ2) is 5.22. The highest BCUT2D eigenvalue weighted by molar-refractivity contribution is 5.82. The number of amides is 1. The van der Waals surface area contributed by atoms with Gasteiger partial charge in [0.15, 0.2) is 12.4 Å². The Morgan fingerprint density at radius 2 is 2.45 bits per heavy atom. The van der Waals surface area contributed by atoms with E-state index in [1.54, 1.807) is 0 Å². The minimum absolute atomic E-state index is 0.00712. The second-order valence-electron chi connectivity index (χ2n) is 4.54. The highest BCUT2D eigenvalue weighted by atomic mass is 19.1. The molecule has 8 nitrogen and oxygen atoms in total. The molecular weight excluding hydrogens is 271 g/mol. The van der Waals surface area contributed by atoms with E-state index in [1.807, 2.05) is 0 Å². The average Bonchev–Trinajstić information content (AvgIpc) is 2.65. The van der Waals surface area contributed by atoms with Gasteiger partial charge >= 0.3 is 0 Å². The molecule has 0 radical (unpaired) electrons. The van der Waals surface area contributed by atoms with Crippen molar-refractivity contribution in [2.24, 2.45) is 5.11 Å². The standard InChI is InChI=1S/C11H13FN4O4/c1-6-2-3-16(7(18)4-6)10-8(12)9(19)11(5-17,20-10)14-15-13/h2-3,8-10,17,19H,1,4-5H2/t8-,9-,10+,11+/m0/s1. The molecule has 0 aromatic heterocycles. The van der Waals surface area contributed by atoms with E-state index in [0.717, 1.165) is 4.90 Å². The number of carbonyl (C=O) groups excluding carboxylic acids is 1. The molecule has 4 atom stereocenters. The van der Waals surface area contributed by atoms with Crippen molar-refractivity contribution >= 4 is 5.91 Å². The number of hydrogen-bond donors (Lipinski definition) is 2. The number of hydrogen-bond acceptors (Lipinski definition) is 5. The molecule has 20 heavy (non-hydrogen) atoms. The van der Waals surface area contributed by atoms with Crippen LogP contribution < -0.4 is 0 Å². The lowest BCUT2D eigenvalue weighted by Crippen LogP contribution is -2.43. The predicted octanol–water partition coefficient (Wildman–Crippen LogP) is 0.343. The number of nitrogens with zero attached hydrogens (tertiary/aromatic N) is 4. The molecule has 0 aromatic rings. The van der Waals surface area contributed by atoms with Crippen LogP contribution in [0.5, 0.6) is 0 Å². The fourth-order valence-corrected chi connectivity index (χ4v) is 2.12. The molecule has 1 saturated heterocycles. The molecule has 0 bridgehead atoms. The van der Waals surface area contributed by atoms with Gasteiger partial charge in [0.25, 0.3) is 0 Å². The molecule has 108 valence electrons. The van der Waals surface area contributed by atoms with Crippen molar-refractivity contribution in [1.82, 2.24) is 4.90 Å². The maximum absolute atomic E-state index is 14.1. The van der Waals surface area contributed by atoms with Crippen molar-refractivity contribution in [3.8, 4) is 0 Å². The zero-order valence-electron chi connectivity index (χ0n) is 10.4. The molecule has 0 aliphatic carbocycles. The number of ether oxygens (including phenoxy) is 1. The first-order valence-electron chi connectivity index (χ1n) is 5.79. The van der Waals surface area contributed by atoms with E-state index in [1.165, 1.54) is 12.3 Å². The Morgan fingerprint density at radius 3 is 3.00 bits per heavy atom. The Hall–Kier alpha value is -1.93. The van der Waals surface area contributed by atoms with Crippen LogP contribution in [0, 0.1) is 0 Å². The summed E-state index contributed by atoms with van der Waals surface area (Å²) in [5.41, 5.74) is 6.86. The van der Waals surface area contributed by atoms with Crippen LogP contribution in [0.1, 0.15) is 6.42 Å². The van der Waals surface area contributed by atoms with Crippen LogP contribution in [0.25, 0.3) is 10.4 Å². The third-order valence-corrected chi connectivity index (χ3v) is 3.21. The summed E-state index contributed by atoms with van der Waals surface area (Å²) in [5, 5.41) is 22.1. The molecule has 0 aromatic carbocycles. The summed E-state index contributed by atoms with van der Waals surface area (Å²) < 4.78 is 19.3. The summed E-state index contributed by atoms with van der Waals surface area (Å²) in [6.07, 6.45) is -2.59. The van der Waals surface area contributed by atoms with Gasteiger partial charge in [0.2, 0.25) is 11.6 Å². The van der Waals surface area contributed by atoms with Gasteiger partial charge in [0.05, 0.1) is 13.0 Å². The molecule has 2 aliphatic rings. The summed E-state index contributed by atoms with van der Waals surface area (Å²) in [4.78, 5) is 15.2. The number of allylic oxidation sites excluding steroid dienone is 1. The predicted molar refractivity (Wildman–Crippen MR) is 64.5 cm³/mol. The van der Waals surface area contributed by atoms with E-state index >= 15 is 0 Å². The number of alkyl halides is 1. The van der Waals surface area contributed by atoms with Crippen LogP contribution in [0.15, 0.2) is 29.5 Å². The Bertz CT molecular complexity index is 519. The molecule has 0 spiro atoms. The first kappa shape index (κ1) is 14.5.